The van der Waals surface area contributed by atoms with Crippen molar-refractivity contribution in [2.24, 2.45) is 0 Å². The van der Waals surface area contributed by atoms with Crippen LogP contribution in [-0.2, 0) is 9.53 Å². The maximum atomic E-state index is 13.2. The van der Waals surface area contributed by atoms with Gasteiger partial charge in [-0.3, -0.25) is 4.79 Å². The number of carbonyl (C=O) groups is 2. The first-order valence-corrected chi connectivity index (χ1v) is 6.36. The van der Waals surface area contributed by atoms with Crippen LogP contribution in [0.25, 0.3) is 0 Å². The number of ketones is 1. The highest BCUT2D eigenvalue weighted by atomic mass is 19.3. The van der Waals surface area contributed by atoms with Crippen LogP contribution in [0.3, 0.4) is 0 Å². The summed E-state index contributed by atoms with van der Waals surface area (Å²) in [6.45, 7) is 6.40. The molecule has 0 aromatic heterocycles. The fourth-order valence-corrected chi connectivity index (χ4v) is 2.11. The maximum absolute atomic E-state index is 13.2. The van der Waals surface area contributed by atoms with E-state index < -0.39 is 36.0 Å². The molecule has 0 heterocycles. The second-order valence-electron chi connectivity index (χ2n) is 6.12. The van der Waals surface area contributed by atoms with Gasteiger partial charge in [-0.05, 0) is 40.5 Å². The van der Waals surface area contributed by atoms with Gasteiger partial charge < -0.3 is 10.1 Å². The third-order valence-corrected chi connectivity index (χ3v) is 3.25. The molecule has 1 fully saturated rings. The van der Waals surface area contributed by atoms with E-state index in [0.717, 1.165) is 0 Å². The van der Waals surface area contributed by atoms with Crippen LogP contribution in [0.1, 0.15) is 53.4 Å². The Kier molecular flexibility index (Phi) is 4.22. The van der Waals surface area contributed by atoms with Crippen LogP contribution in [-0.4, -0.2) is 28.9 Å². The Morgan fingerprint density at radius 3 is 1.95 bits per heavy atom. The fraction of sp³-hybridized carbons (Fsp3) is 0.846. The highest BCUT2D eigenvalue weighted by Gasteiger charge is 2.47. The Hall–Kier alpha value is -1.20. The molecule has 1 saturated carbocycles. The zero-order valence-electron chi connectivity index (χ0n) is 11.8. The number of alkyl carbamates (subject to hydrolysis) is 1. The minimum absolute atomic E-state index is 0.0609. The Bertz CT molecular complexity index is 365. The molecule has 1 N–H and O–H groups in total. The lowest BCUT2D eigenvalue weighted by molar-refractivity contribution is -0.129. The Morgan fingerprint density at radius 2 is 1.58 bits per heavy atom. The molecule has 0 radical (unpaired) electrons. The quantitative estimate of drug-likeness (QED) is 0.844. The van der Waals surface area contributed by atoms with E-state index in [1.807, 2.05) is 0 Å². The minimum Gasteiger partial charge on any atom is -0.444 e. The highest BCUT2D eigenvalue weighted by molar-refractivity contribution is 5.90. The third kappa shape index (κ3) is 4.44. The largest absolute Gasteiger partial charge is 0.444 e. The molecule has 110 valence electrons. The van der Waals surface area contributed by atoms with Crippen LogP contribution in [0.4, 0.5) is 13.6 Å². The lowest BCUT2D eigenvalue weighted by Gasteiger charge is -2.39. The predicted molar refractivity (Wildman–Crippen MR) is 66.2 cm³/mol. The summed E-state index contributed by atoms with van der Waals surface area (Å²) >= 11 is 0. The SMILES string of the molecule is CC(=O)C1(NC(=O)OC(C)(C)C)CCC(F)(F)CC1. The Labute approximate surface area is 111 Å². The summed E-state index contributed by atoms with van der Waals surface area (Å²) < 4.78 is 31.4. The topological polar surface area (TPSA) is 55.4 Å². The smallest absolute Gasteiger partial charge is 0.408 e. The van der Waals surface area contributed by atoms with Crippen molar-refractivity contribution in [3.63, 3.8) is 0 Å². The molecular weight excluding hydrogens is 256 g/mol. The van der Waals surface area contributed by atoms with Crippen molar-refractivity contribution in [2.75, 3.05) is 0 Å². The summed E-state index contributed by atoms with van der Waals surface area (Å²) in [6.07, 6.45) is -1.67. The second kappa shape index (κ2) is 5.06. The number of hydrogen-bond donors (Lipinski definition) is 1. The average Bonchev–Trinajstić information content (AvgIpc) is 2.18. The average molecular weight is 277 g/mol. The normalized spacial score (nSPS) is 21.6. The van der Waals surface area contributed by atoms with E-state index in [1.165, 1.54) is 6.92 Å². The zero-order chi connectivity index (χ0) is 14.9. The summed E-state index contributed by atoms with van der Waals surface area (Å²) in [6, 6.07) is 0. The van der Waals surface area contributed by atoms with Crippen molar-refractivity contribution in [3.05, 3.63) is 0 Å². The van der Waals surface area contributed by atoms with Crippen molar-refractivity contribution < 1.29 is 23.1 Å². The number of alkyl halides is 2. The lowest BCUT2D eigenvalue weighted by atomic mass is 9.77. The van der Waals surface area contributed by atoms with Gasteiger partial charge in [0.25, 0.3) is 0 Å². The van der Waals surface area contributed by atoms with Crippen LogP contribution >= 0.6 is 0 Å². The van der Waals surface area contributed by atoms with E-state index in [9.17, 15) is 18.4 Å². The molecule has 4 nitrogen and oxygen atoms in total. The Balaban J connectivity index is 2.75. The Morgan fingerprint density at radius 1 is 1.11 bits per heavy atom. The van der Waals surface area contributed by atoms with Crippen LogP contribution in [0, 0.1) is 0 Å². The van der Waals surface area contributed by atoms with E-state index >= 15 is 0 Å². The molecule has 1 amide bonds. The number of halogens is 2. The van der Waals surface area contributed by atoms with Gasteiger partial charge in [0.05, 0.1) is 0 Å². The summed E-state index contributed by atoms with van der Waals surface area (Å²) in [4.78, 5) is 23.4. The summed E-state index contributed by atoms with van der Waals surface area (Å²) in [5, 5.41) is 2.48. The number of amides is 1. The molecule has 0 saturated heterocycles. The first-order valence-electron chi connectivity index (χ1n) is 6.36. The van der Waals surface area contributed by atoms with Crippen LogP contribution in [0.2, 0.25) is 0 Å². The van der Waals surface area contributed by atoms with Gasteiger partial charge in [0, 0.05) is 12.8 Å². The first-order chi connectivity index (χ1) is 8.46. The van der Waals surface area contributed by atoms with Crippen molar-refractivity contribution in [3.8, 4) is 0 Å². The van der Waals surface area contributed by atoms with Crippen molar-refractivity contribution in [1.29, 1.82) is 0 Å². The number of ether oxygens (including phenoxy) is 1. The van der Waals surface area contributed by atoms with Gasteiger partial charge in [-0.25, -0.2) is 13.6 Å². The van der Waals surface area contributed by atoms with Gasteiger partial charge in [0.15, 0.2) is 5.78 Å². The molecule has 0 unspecified atom stereocenters. The molecule has 1 aliphatic rings. The van der Waals surface area contributed by atoms with Crippen molar-refractivity contribution in [1.82, 2.24) is 5.32 Å². The minimum atomic E-state index is -2.76. The molecule has 6 heteroatoms. The standard InChI is InChI=1S/C13H21F2NO3/c1-9(17)12(5-7-13(14,15)8-6-12)16-10(18)19-11(2,3)4/h5-8H2,1-4H3,(H,16,18). The van der Waals surface area contributed by atoms with Gasteiger partial charge in [-0.2, -0.15) is 0 Å². The molecule has 0 aromatic rings. The van der Waals surface area contributed by atoms with E-state index in [2.05, 4.69) is 5.32 Å². The molecule has 0 spiro atoms. The molecule has 19 heavy (non-hydrogen) atoms. The van der Waals surface area contributed by atoms with Gasteiger partial charge in [0.1, 0.15) is 11.1 Å². The summed E-state index contributed by atoms with van der Waals surface area (Å²) in [5.41, 5.74) is -1.91. The second-order valence-corrected chi connectivity index (χ2v) is 6.12. The van der Waals surface area contributed by atoms with E-state index in [4.69, 9.17) is 4.74 Å². The molecule has 0 aromatic carbocycles. The van der Waals surface area contributed by atoms with Gasteiger partial charge in [-0.15, -0.1) is 0 Å². The van der Waals surface area contributed by atoms with E-state index in [1.54, 1.807) is 20.8 Å². The molecule has 1 aliphatic carbocycles. The molecule has 0 atom stereocenters. The number of Topliss-reactive ketones (excluding diaryl/α,β-unsaturated/α-hetero) is 1. The number of rotatable bonds is 2. The van der Waals surface area contributed by atoms with Gasteiger partial charge in [0.2, 0.25) is 5.92 Å². The summed E-state index contributed by atoms with van der Waals surface area (Å²) in [7, 11) is 0. The van der Waals surface area contributed by atoms with Crippen LogP contribution < -0.4 is 5.32 Å². The highest BCUT2D eigenvalue weighted by Crippen LogP contribution is 2.39. The molecule has 0 aliphatic heterocycles. The zero-order valence-corrected chi connectivity index (χ0v) is 11.8. The third-order valence-electron chi connectivity index (χ3n) is 3.25. The number of carbonyl (C=O) groups excluding carboxylic acids is 2. The summed E-state index contributed by atoms with van der Waals surface area (Å²) in [5.74, 6) is -3.07. The van der Waals surface area contributed by atoms with Gasteiger partial charge in [-0.1, -0.05) is 0 Å². The van der Waals surface area contributed by atoms with Gasteiger partial charge >= 0.3 is 6.09 Å². The van der Waals surface area contributed by atoms with Crippen molar-refractivity contribution >= 4 is 11.9 Å². The predicted octanol–water partition coefficient (Wildman–Crippen LogP) is 3.05. The maximum Gasteiger partial charge on any atom is 0.408 e. The lowest BCUT2D eigenvalue weighted by Crippen LogP contribution is -2.57. The fourth-order valence-electron chi connectivity index (χ4n) is 2.11. The molecule has 1 rings (SSSR count). The first kappa shape index (κ1) is 15.9. The van der Waals surface area contributed by atoms with E-state index in [0.29, 0.717) is 0 Å². The number of hydrogen-bond acceptors (Lipinski definition) is 3. The van der Waals surface area contributed by atoms with Crippen molar-refractivity contribution in [2.45, 2.75) is 70.4 Å². The monoisotopic (exact) mass is 277 g/mol. The number of nitrogens with one attached hydrogen (secondary N) is 1. The molecular formula is C13H21F2NO3. The van der Waals surface area contributed by atoms with Crippen LogP contribution in [0.5, 0.6) is 0 Å². The van der Waals surface area contributed by atoms with Crippen LogP contribution in [0.15, 0.2) is 0 Å². The molecule has 0 bridgehead atoms. The van der Waals surface area contributed by atoms with E-state index in [-0.39, 0.29) is 18.6 Å².